The van der Waals surface area contributed by atoms with E-state index in [9.17, 15) is 4.79 Å². The summed E-state index contributed by atoms with van der Waals surface area (Å²) < 4.78 is 16.6. The van der Waals surface area contributed by atoms with Crippen molar-refractivity contribution in [1.29, 1.82) is 0 Å². The third kappa shape index (κ3) is 6.32. The van der Waals surface area contributed by atoms with Crippen LogP contribution in [0, 0.1) is 5.92 Å². The van der Waals surface area contributed by atoms with Crippen molar-refractivity contribution in [2.75, 3.05) is 46.1 Å². The van der Waals surface area contributed by atoms with E-state index in [1.807, 2.05) is 26.0 Å². The standard InChI is InChI=1S/C20H32N4O4/c1-15(2)28-19-4-3-16(11-21-19)12-22-20(25)23-13-18(17-5-8-27-14-17)24-6-9-26-10-7-24/h3-4,11,15,17-18H,5-10,12-14H2,1-2H3,(H2,22,23,25). The Hall–Kier alpha value is -1.90. The fourth-order valence-electron chi connectivity index (χ4n) is 3.63. The van der Waals surface area contributed by atoms with Gasteiger partial charge in [0.2, 0.25) is 5.88 Å². The number of pyridine rings is 1. The molecule has 0 radical (unpaired) electrons. The average Bonchev–Trinajstić information content (AvgIpc) is 3.22. The Morgan fingerprint density at radius 3 is 2.71 bits per heavy atom. The van der Waals surface area contributed by atoms with Gasteiger partial charge in [-0.3, -0.25) is 4.90 Å². The van der Waals surface area contributed by atoms with Crippen LogP contribution in [0.4, 0.5) is 4.79 Å². The van der Waals surface area contributed by atoms with E-state index in [2.05, 4.69) is 20.5 Å². The number of hydrogen-bond acceptors (Lipinski definition) is 6. The van der Waals surface area contributed by atoms with Crippen LogP contribution in [0.5, 0.6) is 5.88 Å². The Morgan fingerprint density at radius 1 is 1.25 bits per heavy atom. The van der Waals surface area contributed by atoms with Crippen LogP contribution >= 0.6 is 0 Å². The van der Waals surface area contributed by atoms with Crippen LogP contribution in [-0.2, 0) is 16.0 Å². The van der Waals surface area contributed by atoms with Gasteiger partial charge < -0.3 is 24.8 Å². The first-order chi connectivity index (χ1) is 13.6. The number of hydrogen-bond donors (Lipinski definition) is 2. The summed E-state index contributed by atoms with van der Waals surface area (Å²) in [7, 11) is 0. The number of rotatable bonds is 8. The SMILES string of the molecule is CC(C)Oc1ccc(CNC(=O)NCC(C2CCOC2)N2CCOCC2)cn1. The zero-order valence-electron chi connectivity index (χ0n) is 16.9. The van der Waals surface area contributed by atoms with Crippen LogP contribution in [-0.4, -0.2) is 74.1 Å². The predicted octanol–water partition coefficient (Wildman–Crippen LogP) is 1.41. The van der Waals surface area contributed by atoms with Crippen molar-refractivity contribution < 1.29 is 19.0 Å². The topological polar surface area (TPSA) is 85.0 Å². The van der Waals surface area contributed by atoms with Gasteiger partial charge in [-0.05, 0) is 25.8 Å². The van der Waals surface area contributed by atoms with E-state index in [1.165, 1.54) is 0 Å². The zero-order chi connectivity index (χ0) is 19.8. The summed E-state index contributed by atoms with van der Waals surface area (Å²) in [6.45, 7) is 9.84. The number of aromatic nitrogens is 1. The van der Waals surface area contributed by atoms with Crippen LogP contribution in [0.3, 0.4) is 0 Å². The van der Waals surface area contributed by atoms with Gasteiger partial charge in [0.05, 0.1) is 25.9 Å². The monoisotopic (exact) mass is 392 g/mol. The Labute approximate surface area is 166 Å². The summed E-state index contributed by atoms with van der Waals surface area (Å²) in [6.07, 6.45) is 2.86. The van der Waals surface area contributed by atoms with Gasteiger partial charge >= 0.3 is 6.03 Å². The first-order valence-electron chi connectivity index (χ1n) is 10.1. The summed E-state index contributed by atoms with van der Waals surface area (Å²) in [5, 5.41) is 5.93. The lowest BCUT2D eigenvalue weighted by atomic mass is 9.97. The number of carbonyl (C=O) groups is 1. The minimum atomic E-state index is -0.167. The van der Waals surface area contributed by atoms with Crippen LogP contribution in [0.15, 0.2) is 18.3 Å². The second-order valence-corrected chi connectivity index (χ2v) is 7.57. The average molecular weight is 393 g/mol. The van der Waals surface area contributed by atoms with E-state index < -0.39 is 0 Å². The van der Waals surface area contributed by atoms with Crippen molar-refractivity contribution in [3.63, 3.8) is 0 Å². The van der Waals surface area contributed by atoms with E-state index in [-0.39, 0.29) is 18.2 Å². The van der Waals surface area contributed by atoms with Gasteiger partial charge in [-0.15, -0.1) is 0 Å². The molecule has 1 aromatic rings. The molecular formula is C20H32N4O4. The quantitative estimate of drug-likeness (QED) is 0.696. The number of nitrogens with zero attached hydrogens (tertiary/aromatic N) is 2. The number of morpholine rings is 1. The lowest BCUT2D eigenvalue weighted by molar-refractivity contribution is 0.00212. The Kier molecular flexibility index (Phi) is 7.88. The second-order valence-electron chi connectivity index (χ2n) is 7.57. The molecule has 0 spiro atoms. The third-order valence-electron chi connectivity index (χ3n) is 5.10. The van der Waals surface area contributed by atoms with Crippen LogP contribution in [0.25, 0.3) is 0 Å². The maximum Gasteiger partial charge on any atom is 0.315 e. The first kappa shape index (κ1) is 20.8. The summed E-state index contributed by atoms with van der Waals surface area (Å²) in [5.41, 5.74) is 0.931. The summed E-state index contributed by atoms with van der Waals surface area (Å²) in [6, 6.07) is 3.85. The highest BCUT2D eigenvalue weighted by Gasteiger charge is 2.31. The molecule has 2 N–H and O–H groups in total. The smallest absolute Gasteiger partial charge is 0.315 e. The summed E-state index contributed by atoms with van der Waals surface area (Å²) >= 11 is 0. The lowest BCUT2D eigenvalue weighted by Crippen LogP contribution is -2.53. The molecule has 28 heavy (non-hydrogen) atoms. The molecule has 8 heteroatoms. The number of carbonyl (C=O) groups excluding carboxylic acids is 1. The van der Waals surface area contributed by atoms with Gasteiger partial charge in [0.15, 0.2) is 0 Å². The van der Waals surface area contributed by atoms with Crippen molar-refractivity contribution >= 4 is 6.03 Å². The molecule has 2 saturated heterocycles. The molecule has 2 amide bonds. The molecule has 2 aliphatic rings. The molecule has 2 aliphatic heterocycles. The fraction of sp³-hybridized carbons (Fsp3) is 0.700. The first-order valence-corrected chi connectivity index (χ1v) is 10.1. The molecule has 2 atom stereocenters. The molecule has 0 saturated carbocycles. The van der Waals surface area contributed by atoms with Crippen LogP contribution < -0.4 is 15.4 Å². The Balaban J connectivity index is 1.44. The molecule has 3 rings (SSSR count). The van der Waals surface area contributed by atoms with Crippen LogP contribution in [0.1, 0.15) is 25.8 Å². The Bertz CT molecular complexity index is 599. The van der Waals surface area contributed by atoms with Gasteiger partial charge in [-0.1, -0.05) is 6.07 Å². The number of amides is 2. The molecule has 0 aliphatic carbocycles. The van der Waals surface area contributed by atoms with Crippen molar-refractivity contribution in [3.8, 4) is 5.88 Å². The molecular weight excluding hydrogens is 360 g/mol. The van der Waals surface area contributed by atoms with Gasteiger partial charge in [-0.25, -0.2) is 9.78 Å². The van der Waals surface area contributed by atoms with Gasteiger partial charge in [0.1, 0.15) is 0 Å². The van der Waals surface area contributed by atoms with Gasteiger partial charge in [0.25, 0.3) is 0 Å². The van der Waals surface area contributed by atoms with E-state index in [1.54, 1.807) is 6.20 Å². The van der Waals surface area contributed by atoms with Crippen molar-refractivity contribution in [1.82, 2.24) is 20.5 Å². The molecule has 1 aromatic heterocycles. The number of ether oxygens (including phenoxy) is 3. The van der Waals surface area contributed by atoms with E-state index in [0.717, 1.165) is 51.5 Å². The van der Waals surface area contributed by atoms with E-state index >= 15 is 0 Å². The van der Waals surface area contributed by atoms with E-state index in [0.29, 0.717) is 24.9 Å². The summed E-state index contributed by atoms with van der Waals surface area (Å²) in [4.78, 5) is 19.0. The molecule has 2 fully saturated rings. The minimum Gasteiger partial charge on any atom is -0.475 e. The van der Waals surface area contributed by atoms with Crippen molar-refractivity contribution in [2.45, 2.75) is 39.0 Å². The van der Waals surface area contributed by atoms with Crippen molar-refractivity contribution in [3.05, 3.63) is 23.9 Å². The molecule has 156 valence electrons. The molecule has 2 unspecified atom stereocenters. The number of nitrogens with one attached hydrogen (secondary N) is 2. The molecule has 3 heterocycles. The fourth-order valence-corrected chi connectivity index (χ4v) is 3.63. The highest BCUT2D eigenvalue weighted by atomic mass is 16.5. The minimum absolute atomic E-state index is 0.0898. The summed E-state index contributed by atoms with van der Waals surface area (Å²) in [5.74, 6) is 1.05. The normalized spacial score (nSPS) is 21.5. The van der Waals surface area contributed by atoms with E-state index in [4.69, 9.17) is 14.2 Å². The number of urea groups is 1. The maximum atomic E-state index is 12.3. The van der Waals surface area contributed by atoms with Crippen molar-refractivity contribution in [2.24, 2.45) is 5.92 Å². The molecule has 0 bridgehead atoms. The highest BCUT2D eigenvalue weighted by molar-refractivity contribution is 5.73. The maximum absolute atomic E-state index is 12.3. The third-order valence-corrected chi connectivity index (χ3v) is 5.10. The highest BCUT2D eigenvalue weighted by Crippen LogP contribution is 2.21. The molecule has 8 nitrogen and oxygen atoms in total. The molecule has 0 aromatic carbocycles. The largest absolute Gasteiger partial charge is 0.475 e. The van der Waals surface area contributed by atoms with Crippen LogP contribution in [0.2, 0.25) is 0 Å². The lowest BCUT2D eigenvalue weighted by Gasteiger charge is -2.37. The van der Waals surface area contributed by atoms with Gasteiger partial charge in [0, 0.05) is 57.0 Å². The van der Waals surface area contributed by atoms with Gasteiger partial charge in [-0.2, -0.15) is 0 Å². The second kappa shape index (κ2) is 10.6. The Morgan fingerprint density at radius 2 is 2.07 bits per heavy atom. The zero-order valence-corrected chi connectivity index (χ0v) is 16.9. The predicted molar refractivity (Wildman–Crippen MR) is 105 cm³/mol.